The minimum Gasteiger partial charge on any atom is -0.507 e. The summed E-state index contributed by atoms with van der Waals surface area (Å²) in [6, 6.07) is 13.0. The van der Waals surface area contributed by atoms with Crippen LogP contribution in [0, 0.1) is 6.92 Å². The van der Waals surface area contributed by atoms with E-state index in [-0.39, 0.29) is 17.9 Å². The summed E-state index contributed by atoms with van der Waals surface area (Å²) in [7, 11) is 4.60. The van der Waals surface area contributed by atoms with Crippen molar-refractivity contribution in [1.82, 2.24) is 4.90 Å². The van der Waals surface area contributed by atoms with Gasteiger partial charge in [-0.15, -0.1) is 0 Å². The number of carbonyl (C=O) groups is 2. The van der Waals surface area contributed by atoms with Crippen molar-refractivity contribution in [3.63, 3.8) is 0 Å². The van der Waals surface area contributed by atoms with Gasteiger partial charge < -0.3 is 24.2 Å². The van der Waals surface area contributed by atoms with Crippen LogP contribution < -0.4 is 19.2 Å². The van der Waals surface area contributed by atoms with Gasteiger partial charge in [0, 0.05) is 28.8 Å². The first-order chi connectivity index (χ1) is 16.9. The number of aryl methyl sites for hydroxylation is 1. The smallest absolute Gasteiger partial charge is 0.295 e. The fourth-order valence-corrected chi connectivity index (χ4v) is 4.32. The van der Waals surface area contributed by atoms with Crippen molar-refractivity contribution >= 4 is 17.4 Å². The molecule has 1 aliphatic rings. The summed E-state index contributed by atoms with van der Waals surface area (Å²) in [5.74, 6) is -0.0965. The lowest BCUT2D eigenvalue weighted by atomic mass is 9.94. The molecule has 1 amide bonds. The second kappa shape index (κ2) is 9.89. The van der Waals surface area contributed by atoms with Crippen molar-refractivity contribution in [2.45, 2.75) is 19.5 Å². The van der Waals surface area contributed by atoms with Crippen LogP contribution in [0.2, 0.25) is 0 Å². The number of nitrogens with one attached hydrogen (secondary N) is 1. The maximum atomic E-state index is 13.3. The first-order valence-corrected chi connectivity index (χ1v) is 11.0. The van der Waals surface area contributed by atoms with Gasteiger partial charge in [0.1, 0.15) is 23.0 Å². The first kappa shape index (κ1) is 23.8. The minimum absolute atomic E-state index is 0.0112. The van der Waals surface area contributed by atoms with Crippen LogP contribution in [0.3, 0.4) is 0 Å². The molecule has 4 rings (SSSR count). The van der Waals surface area contributed by atoms with Crippen LogP contribution >= 0.6 is 0 Å². The lowest BCUT2D eigenvalue weighted by Crippen LogP contribution is -2.29. The molecule has 0 bridgehead atoms. The Morgan fingerprint density at radius 2 is 1.77 bits per heavy atom. The number of aliphatic hydroxyl groups excluding tert-OH is 1. The first-order valence-electron chi connectivity index (χ1n) is 11.0. The molecular formula is C27H27N2O6+. The summed E-state index contributed by atoms with van der Waals surface area (Å²) < 4.78 is 16.2. The molecule has 180 valence electrons. The summed E-state index contributed by atoms with van der Waals surface area (Å²) in [5, 5.41) is 11.3. The molecule has 8 nitrogen and oxygen atoms in total. The van der Waals surface area contributed by atoms with E-state index in [1.54, 1.807) is 63.0 Å². The van der Waals surface area contributed by atoms with Crippen molar-refractivity contribution in [3.8, 4) is 17.2 Å². The van der Waals surface area contributed by atoms with E-state index in [2.05, 4.69) is 4.98 Å². The van der Waals surface area contributed by atoms with Gasteiger partial charge in [0.2, 0.25) is 0 Å². The second-order valence-corrected chi connectivity index (χ2v) is 8.13. The molecule has 1 saturated heterocycles. The Balaban J connectivity index is 1.92. The normalized spacial score (nSPS) is 16.9. The molecule has 2 aromatic carbocycles. The highest BCUT2D eigenvalue weighted by Gasteiger charge is 2.47. The lowest BCUT2D eigenvalue weighted by molar-refractivity contribution is -0.378. The molecule has 8 heteroatoms. The number of ketones is 1. The number of Topliss-reactive ketones (excluding diaryl/α,β-unsaturated/α-hetero) is 1. The predicted molar refractivity (Wildman–Crippen MR) is 128 cm³/mol. The number of pyridine rings is 1. The maximum absolute atomic E-state index is 13.3. The number of rotatable bonds is 7. The van der Waals surface area contributed by atoms with Crippen LogP contribution in [0.15, 0.2) is 66.5 Å². The molecule has 1 aliphatic heterocycles. The molecule has 1 unspecified atom stereocenters. The number of hydrogen-bond donors (Lipinski definition) is 1. The monoisotopic (exact) mass is 475 g/mol. The zero-order valence-electron chi connectivity index (χ0n) is 20.0. The van der Waals surface area contributed by atoms with Gasteiger partial charge in [-0.05, 0) is 48.9 Å². The molecule has 1 atom stereocenters. The topological polar surface area (TPSA) is 99.4 Å². The van der Waals surface area contributed by atoms with Crippen LogP contribution in [-0.2, 0) is 16.1 Å². The molecule has 0 spiro atoms. The third kappa shape index (κ3) is 4.42. The van der Waals surface area contributed by atoms with E-state index in [0.29, 0.717) is 28.4 Å². The van der Waals surface area contributed by atoms with E-state index < -0.39 is 17.7 Å². The van der Waals surface area contributed by atoms with Crippen LogP contribution in [0.5, 0.6) is 17.2 Å². The number of aliphatic hydroxyl groups is 1. The Kier molecular flexibility index (Phi) is 6.73. The third-order valence-electron chi connectivity index (χ3n) is 6.07. The fourth-order valence-electron chi connectivity index (χ4n) is 4.32. The number of aromatic amines is 1. The van der Waals surface area contributed by atoms with Crippen molar-refractivity contribution < 1.29 is 33.9 Å². The van der Waals surface area contributed by atoms with Crippen molar-refractivity contribution in [2.24, 2.45) is 0 Å². The Morgan fingerprint density at radius 1 is 1.00 bits per heavy atom. The number of nitrogens with zero attached hydrogens (tertiary/aromatic N) is 1. The summed E-state index contributed by atoms with van der Waals surface area (Å²) in [4.78, 5) is 31.0. The highest BCUT2D eigenvalue weighted by Crippen LogP contribution is 2.44. The van der Waals surface area contributed by atoms with Gasteiger partial charge in [-0.2, -0.15) is 0 Å². The second-order valence-electron chi connectivity index (χ2n) is 8.13. The molecule has 3 aromatic rings. The Morgan fingerprint density at radius 3 is 2.40 bits per heavy atom. The highest BCUT2D eigenvalue weighted by atomic mass is 16.5. The average molecular weight is 476 g/mol. The Labute approximate surface area is 203 Å². The van der Waals surface area contributed by atoms with E-state index in [1.807, 2.05) is 19.1 Å². The summed E-state index contributed by atoms with van der Waals surface area (Å²) in [6.07, 6.45) is 3.52. The molecule has 0 radical (unpaired) electrons. The predicted octanol–water partition coefficient (Wildman–Crippen LogP) is 3.46. The number of methoxy groups -OCH3 is 3. The lowest BCUT2D eigenvalue weighted by Gasteiger charge is -2.26. The zero-order valence-corrected chi connectivity index (χ0v) is 20.0. The average Bonchev–Trinajstić information content (AvgIpc) is 3.13. The molecular weight excluding hydrogens is 448 g/mol. The zero-order chi connectivity index (χ0) is 25.1. The highest BCUT2D eigenvalue weighted by molar-refractivity contribution is 6.46. The van der Waals surface area contributed by atoms with Gasteiger partial charge in [0.05, 0.1) is 39.5 Å². The number of amides is 1. The SMILES string of the molecule is COc1ccc(C2C(=C(O)c3ccc(OC)c(C)c3)C(=O)C(=O)N2Cc2ccc[nH+]c2)c(OC)c1. The van der Waals surface area contributed by atoms with Crippen LogP contribution in [-0.4, -0.2) is 43.0 Å². The Bertz CT molecular complexity index is 1300. The van der Waals surface area contributed by atoms with Crippen molar-refractivity contribution in [3.05, 3.63) is 88.8 Å². The van der Waals surface area contributed by atoms with E-state index >= 15 is 0 Å². The summed E-state index contributed by atoms with van der Waals surface area (Å²) in [5.41, 5.74) is 2.53. The van der Waals surface area contributed by atoms with Crippen molar-refractivity contribution in [1.29, 1.82) is 0 Å². The quantitative estimate of drug-likeness (QED) is 0.319. The number of benzene rings is 2. The van der Waals surface area contributed by atoms with Crippen LogP contribution in [0.1, 0.15) is 28.3 Å². The van der Waals surface area contributed by atoms with Gasteiger partial charge in [0.15, 0.2) is 12.4 Å². The number of H-pyrrole nitrogens is 1. The number of ether oxygens (including phenoxy) is 3. The maximum Gasteiger partial charge on any atom is 0.295 e. The fraction of sp³-hybridized carbons (Fsp3) is 0.222. The van der Waals surface area contributed by atoms with Crippen LogP contribution in [0.4, 0.5) is 0 Å². The third-order valence-corrected chi connectivity index (χ3v) is 6.07. The van der Waals surface area contributed by atoms with E-state index in [4.69, 9.17) is 14.2 Å². The number of likely N-dealkylation sites (tertiary alicyclic amines) is 1. The number of aromatic nitrogens is 1. The standard InChI is InChI=1S/C27H26N2O6/c1-16-12-18(7-10-21(16)34-3)25(30)23-24(20-9-8-19(33-2)13-22(20)35-4)29(27(32)26(23)31)15-17-6-5-11-28-14-17/h5-14,24,30H,15H2,1-4H3/p+1. The molecule has 0 aliphatic carbocycles. The van der Waals surface area contributed by atoms with Gasteiger partial charge >= 0.3 is 0 Å². The van der Waals surface area contributed by atoms with Gasteiger partial charge in [-0.25, -0.2) is 4.98 Å². The summed E-state index contributed by atoms with van der Waals surface area (Å²) in [6.45, 7) is 1.99. The van der Waals surface area contributed by atoms with E-state index in [1.165, 1.54) is 12.0 Å². The largest absolute Gasteiger partial charge is 0.507 e. The molecule has 0 saturated carbocycles. The Hall–Kier alpha value is -4.33. The number of carbonyl (C=O) groups excluding carboxylic acids is 2. The van der Waals surface area contributed by atoms with Crippen LogP contribution in [0.25, 0.3) is 5.76 Å². The molecule has 35 heavy (non-hydrogen) atoms. The molecule has 1 fully saturated rings. The van der Waals surface area contributed by atoms with Gasteiger partial charge in [0.25, 0.3) is 11.7 Å². The molecule has 2 heterocycles. The van der Waals surface area contributed by atoms with Gasteiger partial charge in [-0.3, -0.25) is 9.59 Å². The number of hydrogen-bond acceptors (Lipinski definition) is 6. The van der Waals surface area contributed by atoms with E-state index in [0.717, 1.165) is 11.1 Å². The van der Waals surface area contributed by atoms with Crippen molar-refractivity contribution in [2.75, 3.05) is 21.3 Å². The molecule has 2 N–H and O–H groups in total. The van der Waals surface area contributed by atoms with Gasteiger partial charge in [-0.1, -0.05) is 0 Å². The summed E-state index contributed by atoms with van der Waals surface area (Å²) >= 11 is 0. The molecule has 1 aromatic heterocycles. The minimum atomic E-state index is -0.876. The van der Waals surface area contributed by atoms with E-state index in [9.17, 15) is 14.7 Å².